The summed E-state index contributed by atoms with van der Waals surface area (Å²) in [5.41, 5.74) is 3.07. The van der Waals surface area contributed by atoms with Crippen LogP contribution in [0.1, 0.15) is 41.6 Å². The summed E-state index contributed by atoms with van der Waals surface area (Å²) >= 11 is 0. The molecular weight excluding hydrogens is 406 g/mol. The van der Waals surface area contributed by atoms with E-state index in [-0.39, 0.29) is 5.91 Å². The Morgan fingerprint density at radius 3 is 2.56 bits per heavy atom. The van der Waals surface area contributed by atoms with Crippen LogP contribution < -0.4 is 19.7 Å². The molecule has 3 aliphatic heterocycles. The molecule has 0 unspecified atom stereocenters. The van der Waals surface area contributed by atoms with E-state index in [2.05, 4.69) is 22.3 Å². The molecule has 1 amide bonds. The van der Waals surface area contributed by atoms with Gasteiger partial charge in [-0.05, 0) is 67.6 Å². The Labute approximate surface area is 188 Å². The fourth-order valence-electron chi connectivity index (χ4n) is 4.79. The lowest BCUT2D eigenvalue weighted by Crippen LogP contribution is -2.42. The number of β-amino-alcohol motifs (C(OH)–C–C–N with tert-alkyl or cyclic N) is 1. The molecule has 7 nitrogen and oxygen atoms in total. The number of aliphatic hydroxyl groups is 1. The second kappa shape index (κ2) is 9.38. The van der Waals surface area contributed by atoms with Crippen LogP contribution in [0.4, 0.5) is 5.69 Å². The van der Waals surface area contributed by atoms with Gasteiger partial charge in [0.25, 0.3) is 5.91 Å². The number of carbonyl (C=O) groups is 1. The van der Waals surface area contributed by atoms with Crippen LogP contribution in [0.5, 0.6) is 11.5 Å². The van der Waals surface area contributed by atoms with E-state index in [1.807, 2.05) is 30.3 Å². The van der Waals surface area contributed by atoms with E-state index in [1.54, 1.807) is 4.90 Å². The maximum Gasteiger partial charge on any atom is 0.253 e. The van der Waals surface area contributed by atoms with Crippen molar-refractivity contribution in [3.8, 4) is 11.5 Å². The molecule has 2 N–H and O–H groups in total. The van der Waals surface area contributed by atoms with Crippen LogP contribution in [0.2, 0.25) is 0 Å². The summed E-state index contributed by atoms with van der Waals surface area (Å²) in [6.45, 7) is 4.27. The lowest BCUT2D eigenvalue weighted by atomic mass is 10.0. The van der Waals surface area contributed by atoms with E-state index in [9.17, 15) is 9.90 Å². The second-order valence-electron chi connectivity index (χ2n) is 8.92. The van der Waals surface area contributed by atoms with Crippen LogP contribution in [0.15, 0.2) is 42.5 Å². The van der Waals surface area contributed by atoms with Gasteiger partial charge in [-0.25, -0.2) is 0 Å². The fourth-order valence-corrected chi connectivity index (χ4v) is 4.79. The Morgan fingerprint density at radius 2 is 1.78 bits per heavy atom. The molecule has 2 aromatic carbocycles. The minimum absolute atomic E-state index is 0.0155. The van der Waals surface area contributed by atoms with Crippen LogP contribution >= 0.6 is 0 Å². The van der Waals surface area contributed by atoms with Crippen LogP contribution in [-0.2, 0) is 6.54 Å². The van der Waals surface area contributed by atoms with Gasteiger partial charge in [-0.15, -0.1) is 0 Å². The predicted molar refractivity (Wildman–Crippen MR) is 122 cm³/mol. The Bertz CT molecular complexity index is 941. The number of nitrogens with zero attached hydrogens (tertiary/aromatic N) is 2. The van der Waals surface area contributed by atoms with E-state index < -0.39 is 6.10 Å². The molecule has 3 aliphatic rings. The van der Waals surface area contributed by atoms with Crippen molar-refractivity contribution in [2.45, 2.75) is 44.4 Å². The van der Waals surface area contributed by atoms with E-state index >= 15 is 0 Å². The number of likely N-dealkylation sites (tertiary alicyclic amines) is 1. The quantitative estimate of drug-likeness (QED) is 0.749. The zero-order valence-corrected chi connectivity index (χ0v) is 18.3. The number of anilines is 1. The number of hydrogen-bond donors (Lipinski definition) is 2. The number of amides is 1. The van der Waals surface area contributed by atoms with Crippen LogP contribution in [0.3, 0.4) is 0 Å². The molecule has 7 heteroatoms. The van der Waals surface area contributed by atoms with Crippen molar-refractivity contribution in [2.24, 2.45) is 0 Å². The molecule has 0 aromatic heterocycles. The number of carbonyl (C=O) groups excluding carboxylic acids is 1. The molecule has 2 fully saturated rings. The third-order valence-electron chi connectivity index (χ3n) is 6.69. The van der Waals surface area contributed by atoms with Crippen molar-refractivity contribution < 1.29 is 19.4 Å². The zero-order chi connectivity index (χ0) is 21.9. The van der Waals surface area contributed by atoms with Crippen molar-refractivity contribution in [3.63, 3.8) is 0 Å². The molecule has 32 heavy (non-hydrogen) atoms. The average molecular weight is 438 g/mol. The largest absolute Gasteiger partial charge is 0.454 e. The number of ether oxygens (including phenoxy) is 2. The van der Waals surface area contributed by atoms with E-state index in [4.69, 9.17) is 9.47 Å². The van der Waals surface area contributed by atoms with Gasteiger partial charge < -0.3 is 29.7 Å². The number of rotatable bonds is 5. The first-order valence-corrected chi connectivity index (χ1v) is 11.6. The summed E-state index contributed by atoms with van der Waals surface area (Å²) < 4.78 is 10.8. The summed E-state index contributed by atoms with van der Waals surface area (Å²) in [7, 11) is 0. The number of fused-ring (bicyclic) bond motifs is 1. The maximum atomic E-state index is 12.7. The molecule has 0 saturated carbocycles. The predicted octanol–water partition coefficient (Wildman–Crippen LogP) is 2.77. The Balaban J connectivity index is 1.10. The van der Waals surface area contributed by atoms with Gasteiger partial charge in [0, 0.05) is 50.0 Å². The number of piperidine rings is 2. The molecule has 0 radical (unpaired) electrons. The van der Waals surface area contributed by atoms with Gasteiger partial charge in [-0.2, -0.15) is 0 Å². The molecule has 3 heterocycles. The van der Waals surface area contributed by atoms with Crippen molar-refractivity contribution in [3.05, 3.63) is 53.6 Å². The minimum Gasteiger partial charge on any atom is -0.454 e. The lowest BCUT2D eigenvalue weighted by Gasteiger charge is -2.34. The van der Waals surface area contributed by atoms with Gasteiger partial charge in [0.1, 0.15) is 0 Å². The average Bonchev–Trinajstić information content (AvgIpc) is 3.31. The molecule has 170 valence electrons. The summed E-state index contributed by atoms with van der Waals surface area (Å²) in [6, 6.07) is 14.5. The highest BCUT2D eigenvalue weighted by Crippen LogP contribution is 2.32. The van der Waals surface area contributed by atoms with Gasteiger partial charge in [-0.1, -0.05) is 6.07 Å². The smallest absolute Gasteiger partial charge is 0.253 e. The molecule has 0 bridgehead atoms. The summed E-state index contributed by atoms with van der Waals surface area (Å²) in [5.74, 6) is 1.67. The second-order valence-corrected chi connectivity index (χ2v) is 8.92. The fraction of sp³-hybridized carbons (Fsp3) is 0.480. The molecular formula is C25H31N3O4. The number of hydrogen-bond acceptors (Lipinski definition) is 6. The highest BCUT2D eigenvalue weighted by Gasteiger charge is 2.24. The van der Waals surface area contributed by atoms with E-state index in [1.165, 1.54) is 5.56 Å². The summed E-state index contributed by atoms with van der Waals surface area (Å²) in [4.78, 5) is 16.9. The molecule has 5 rings (SSSR count). The SMILES string of the molecule is O=C(c1ccc(N2CCC(NCc3ccc4c(c3)OCO4)CC2)cc1)N1CCC[C@@H](O)C1. The highest BCUT2D eigenvalue weighted by atomic mass is 16.7. The van der Waals surface area contributed by atoms with Gasteiger partial charge in [0.2, 0.25) is 6.79 Å². The number of nitrogens with one attached hydrogen (secondary N) is 1. The summed E-state index contributed by atoms with van der Waals surface area (Å²) in [5, 5.41) is 13.5. The zero-order valence-electron chi connectivity index (χ0n) is 18.3. The first-order chi connectivity index (χ1) is 15.7. The number of aliphatic hydroxyl groups excluding tert-OH is 1. The highest BCUT2D eigenvalue weighted by molar-refractivity contribution is 5.94. The monoisotopic (exact) mass is 437 g/mol. The van der Waals surface area contributed by atoms with Crippen LogP contribution in [0, 0.1) is 0 Å². The topological polar surface area (TPSA) is 74.3 Å². The van der Waals surface area contributed by atoms with Crippen LogP contribution in [0.25, 0.3) is 0 Å². The van der Waals surface area contributed by atoms with Crippen molar-refractivity contribution in [2.75, 3.05) is 37.9 Å². The maximum absolute atomic E-state index is 12.7. The van der Waals surface area contributed by atoms with Gasteiger partial charge in [0.05, 0.1) is 6.10 Å². The van der Waals surface area contributed by atoms with Crippen LogP contribution in [-0.4, -0.2) is 61.0 Å². The van der Waals surface area contributed by atoms with E-state index in [0.29, 0.717) is 24.9 Å². The van der Waals surface area contributed by atoms with Crippen molar-refractivity contribution in [1.82, 2.24) is 10.2 Å². The van der Waals surface area contributed by atoms with Gasteiger partial charge in [0.15, 0.2) is 11.5 Å². The Hall–Kier alpha value is -2.77. The molecule has 0 aliphatic carbocycles. The normalized spacial score (nSPS) is 21.1. The molecule has 1 atom stereocenters. The minimum atomic E-state index is -0.396. The third kappa shape index (κ3) is 4.69. The van der Waals surface area contributed by atoms with Gasteiger partial charge in [-0.3, -0.25) is 4.79 Å². The lowest BCUT2D eigenvalue weighted by molar-refractivity contribution is 0.0474. The summed E-state index contributed by atoms with van der Waals surface area (Å²) in [6.07, 6.45) is 3.41. The Kier molecular flexibility index (Phi) is 6.19. The standard InChI is InChI=1S/C25H31N3O4/c29-22-2-1-11-28(16-22)25(30)19-4-6-21(7-5-19)27-12-9-20(10-13-27)26-15-18-3-8-23-24(14-18)32-17-31-23/h3-8,14,20,22,26,29H,1-2,9-13,15-17H2/t22-/m1/s1. The van der Waals surface area contributed by atoms with Crippen molar-refractivity contribution in [1.29, 1.82) is 0 Å². The first-order valence-electron chi connectivity index (χ1n) is 11.6. The third-order valence-corrected chi connectivity index (χ3v) is 6.69. The van der Waals surface area contributed by atoms with Crippen molar-refractivity contribution >= 4 is 11.6 Å². The number of benzene rings is 2. The molecule has 0 spiro atoms. The van der Waals surface area contributed by atoms with E-state index in [0.717, 1.165) is 69.0 Å². The molecule has 2 aromatic rings. The van der Waals surface area contributed by atoms with Gasteiger partial charge >= 0.3 is 0 Å². The molecule has 2 saturated heterocycles. The Morgan fingerprint density at radius 1 is 1.00 bits per heavy atom. The first kappa shape index (κ1) is 21.1.